The third-order valence-electron chi connectivity index (χ3n) is 2.27. The number of ether oxygens (including phenoxy) is 2. The molecule has 0 unspecified atom stereocenters. The summed E-state index contributed by atoms with van der Waals surface area (Å²) in [5.41, 5.74) is 0.396. The summed E-state index contributed by atoms with van der Waals surface area (Å²) in [6.45, 7) is 1.15. The van der Waals surface area contributed by atoms with Gasteiger partial charge >= 0.3 is 0 Å². The SMILES string of the molecule is CNCC(=O)c1c(Cl)ccc2c1OCCO2. The van der Waals surface area contributed by atoms with E-state index in [1.54, 1.807) is 19.2 Å². The fourth-order valence-corrected chi connectivity index (χ4v) is 1.85. The Morgan fingerprint density at radius 1 is 1.44 bits per heavy atom. The van der Waals surface area contributed by atoms with Gasteiger partial charge in [-0.15, -0.1) is 0 Å². The van der Waals surface area contributed by atoms with E-state index < -0.39 is 0 Å². The Kier molecular flexibility index (Phi) is 3.31. The highest BCUT2D eigenvalue weighted by molar-refractivity contribution is 6.34. The number of halogens is 1. The summed E-state index contributed by atoms with van der Waals surface area (Å²) in [6.07, 6.45) is 0. The molecule has 0 aromatic heterocycles. The summed E-state index contributed by atoms with van der Waals surface area (Å²) in [6, 6.07) is 3.37. The van der Waals surface area contributed by atoms with Crippen LogP contribution in [0.25, 0.3) is 0 Å². The predicted molar refractivity (Wildman–Crippen MR) is 60.7 cm³/mol. The van der Waals surface area contributed by atoms with Gasteiger partial charge in [-0.05, 0) is 19.2 Å². The van der Waals surface area contributed by atoms with Crippen molar-refractivity contribution in [1.29, 1.82) is 0 Å². The van der Waals surface area contributed by atoms with Crippen molar-refractivity contribution in [2.45, 2.75) is 0 Å². The van der Waals surface area contributed by atoms with E-state index in [-0.39, 0.29) is 12.3 Å². The second kappa shape index (κ2) is 4.72. The average Bonchev–Trinajstić information content (AvgIpc) is 2.29. The van der Waals surface area contributed by atoms with Crippen LogP contribution in [0.3, 0.4) is 0 Å². The lowest BCUT2D eigenvalue weighted by Gasteiger charge is -2.21. The Bertz CT molecular complexity index is 420. The van der Waals surface area contributed by atoms with Crippen LogP contribution in [0.15, 0.2) is 12.1 Å². The summed E-state index contributed by atoms with van der Waals surface area (Å²) >= 11 is 6.01. The maximum absolute atomic E-state index is 11.9. The highest BCUT2D eigenvalue weighted by atomic mass is 35.5. The van der Waals surface area contributed by atoms with Crippen LogP contribution in [0.2, 0.25) is 5.02 Å². The van der Waals surface area contributed by atoms with Gasteiger partial charge < -0.3 is 14.8 Å². The molecule has 2 rings (SSSR count). The second-order valence-electron chi connectivity index (χ2n) is 3.40. The van der Waals surface area contributed by atoms with Crippen LogP contribution >= 0.6 is 11.6 Å². The number of Topliss-reactive ketones (excluding diaryl/α,β-unsaturated/α-hetero) is 1. The zero-order valence-corrected chi connectivity index (χ0v) is 9.63. The molecule has 1 aromatic carbocycles. The van der Waals surface area contributed by atoms with Gasteiger partial charge in [0.05, 0.1) is 17.1 Å². The Hall–Kier alpha value is -1.26. The smallest absolute Gasteiger partial charge is 0.181 e. The lowest BCUT2D eigenvalue weighted by atomic mass is 10.1. The molecule has 0 spiro atoms. The highest BCUT2D eigenvalue weighted by Crippen LogP contribution is 2.38. The first-order valence-electron chi connectivity index (χ1n) is 5.00. The van der Waals surface area contributed by atoms with Gasteiger partial charge in [0.1, 0.15) is 13.2 Å². The van der Waals surface area contributed by atoms with Crippen LogP contribution in [0.1, 0.15) is 10.4 Å². The quantitative estimate of drug-likeness (QED) is 0.815. The van der Waals surface area contributed by atoms with Crippen molar-refractivity contribution in [3.8, 4) is 11.5 Å². The highest BCUT2D eigenvalue weighted by Gasteiger charge is 2.23. The fourth-order valence-electron chi connectivity index (χ4n) is 1.60. The summed E-state index contributed by atoms with van der Waals surface area (Å²) in [5.74, 6) is 0.934. The van der Waals surface area contributed by atoms with Crippen molar-refractivity contribution in [3.63, 3.8) is 0 Å². The fraction of sp³-hybridized carbons (Fsp3) is 0.364. The average molecular weight is 242 g/mol. The predicted octanol–water partition coefficient (Wildman–Crippen LogP) is 1.51. The molecule has 86 valence electrons. The van der Waals surface area contributed by atoms with E-state index >= 15 is 0 Å². The number of hydrogen-bond donors (Lipinski definition) is 1. The Morgan fingerprint density at radius 3 is 2.94 bits per heavy atom. The Morgan fingerprint density at radius 2 is 2.19 bits per heavy atom. The van der Waals surface area contributed by atoms with Gasteiger partial charge in [0.25, 0.3) is 0 Å². The molecule has 0 saturated heterocycles. The number of ketones is 1. The summed E-state index contributed by atoms with van der Waals surface area (Å²) in [5, 5.41) is 3.19. The van der Waals surface area contributed by atoms with Gasteiger partial charge in [0, 0.05) is 0 Å². The third-order valence-corrected chi connectivity index (χ3v) is 2.59. The van der Waals surface area contributed by atoms with E-state index in [9.17, 15) is 4.79 Å². The normalized spacial score (nSPS) is 13.6. The number of fused-ring (bicyclic) bond motifs is 1. The molecule has 1 N–H and O–H groups in total. The largest absolute Gasteiger partial charge is 0.486 e. The minimum absolute atomic E-state index is 0.102. The lowest BCUT2D eigenvalue weighted by molar-refractivity contribution is 0.0982. The Labute approximate surface area is 98.5 Å². The molecule has 16 heavy (non-hydrogen) atoms. The minimum Gasteiger partial charge on any atom is -0.486 e. The summed E-state index contributed by atoms with van der Waals surface area (Å²) < 4.78 is 10.8. The van der Waals surface area contributed by atoms with E-state index in [0.717, 1.165) is 0 Å². The van der Waals surface area contributed by atoms with Gasteiger partial charge in [-0.3, -0.25) is 4.79 Å². The molecular formula is C11H12ClNO3. The molecule has 5 heteroatoms. The van der Waals surface area contributed by atoms with E-state index in [1.165, 1.54) is 0 Å². The maximum atomic E-state index is 11.9. The lowest BCUT2D eigenvalue weighted by Crippen LogP contribution is -2.22. The van der Waals surface area contributed by atoms with Crippen LogP contribution in [-0.2, 0) is 0 Å². The standard InChI is InChI=1S/C11H12ClNO3/c1-13-6-8(14)10-7(12)2-3-9-11(10)16-5-4-15-9/h2-3,13H,4-6H2,1H3. The number of nitrogens with one attached hydrogen (secondary N) is 1. The first-order valence-corrected chi connectivity index (χ1v) is 5.37. The minimum atomic E-state index is -0.102. The molecule has 0 aliphatic carbocycles. The molecule has 0 amide bonds. The zero-order chi connectivity index (χ0) is 11.5. The topological polar surface area (TPSA) is 47.6 Å². The molecule has 1 aromatic rings. The van der Waals surface area contributed by atoms with E-state index in [2.05, 4.69) is 5.32 Å². The van der Waals surface area contributed by atoms with Crippen LogP contribution in [-0.4, -0.2) is 32.6 Å². The molecular weight excluding hydrogens is 230 g/mol. The van der Waals surface area contributed by atoms with Gasteiger partial charge in [-0.1, -0.05) is 11.6 Å². The van der Waals surface area contributed by atoms with Gasteiger partial charge in [-0.2, -0.15) is 0 Å². The molecule has 0 radical (unpaired) electrons. The molecule has 1 aliphatic rings. The van der Waals surface area contributed by atoms with E-state index in [1.807, 2.05) is 0 Å². The summed E-state index contributed by atoms with van der Waals surface area (Å²) in [7, 11) is 1.71. The van der Waals surface area contributed by atoms with Crippen molar-refractivity contribution in [2.24, 2.45) is 0 Å². The molecule has 1 aliphatic heterocycles. The second-order valence-corrected chi connectivity index (χ2v) is 3.81. The van der Waals surface area contributed by atoms with Crippen molar-refractivity contribution >= 4 is 17.4 Å². The molecule has 0 atom stereocenters. The van der Waals surface area contributed by atoms with Crippen LogP contribution in [0, 0.1) is 0 Å². The first kappa shape index (κ1) is 11.2. The zero-order valence-electron chi connectivity index (χ0n) is 8.88. The first-order chi connectivity index (χ1) is 7.74. The van der Waals surface area contributed by atoms with Gasteiger partial charge in [0.15, 0.2) is 17.3 Å². The van der Waals surface area contributed by atoms with Crippen molar-refractivity contribution < 1.29 is 14.3 Å². The van der Waals surface area contributed by atoms with Crippen molar-refractivity contribution in [1.82, 2.24) is 5.32 Å². The number of hydrogen-bond acceptors (Lipinski definition) is 4. The van der Waals surface area contributed by atoms with Crippen LogP contribution in [0.4, 0.5) is 0 Å². The number of carbonyl (C=O) groups excluding carboxylic acids is 1. The number of likely N-dealkylation sites (N-methyl/N-ethyl adjacent to an activating group) is 1. The molecule has 0 bridgehead atoms. The molecule has 1 heterocycles. The van der Waals surface area contributed by atoms with Crippen molar-refractivity contribution in [3.05, 3.63) is 22.7 Å². The molecule has 0 saturated carbocycles. The van der Waals surface area contributed by atoms with Crippen molar-refractivity contribution in [2.75, 3.05) is 26.8 Å². The summed E-state index contributed by atoms with van der Waals surface area (Å²) in [4.78, 5) is 11.9. The maximum Gasteiger partial charge on any atom is 0.181 e. The number of rotatable bonds is 3. The van der Waals surface area contributed by atoms with Crippen LogP contribution < -0.4 is 14.8 Å². The molecule has 4 nitrogen and oxygen atoms in total. The Balaban J connectivity index is 2.45. The van der Waals surface area contributed by atoms with Crippen LogP contribution in [0.5, 0.6) is 11.5 Å². The number of carbonyl (C=O) groups is 1. The van der Waals surface area contributed by atoms with E-state index in [4.69, 9.17) is 21.1 Å². The monoisotopic (exact) mass is 241 g/mol. The third kappa shape index (κ3) is 1.99. The molecule has 0 fully saturated rings. The van der Waals surface area contributed by atoms with Gasteiger partial charge in [0.2, 0.25) is 0 Å². The number of benzene rings is 1. The van der Waals surface area contributed by atoms with Gasteiger partial charge in [-0.25, -0.2) is 0 Å². The van der Waals surface area contributed by atoms with E-state index in [0.29, 0.717) is 35.3 Å².